The van der Waals surface area contributed by atoms with Gasteiger partial charge in [0.15, 0.2) is 0 Å². The summed E-state index contributed by atoms with van der Waals surface area (Å²) in [5.41, 5.74) is 0. The van der Waals surface area contributed by atoms with E-state index >= 15 is 0 Å². The topological polar surface area (TPSA) is 53.7 Å². The predicted molar refractivity (Wildman–Crippen MR) is 61.1 cm³/mol. The van der Waals surface area contributed by atoms with Gasteiger partial charge < -0.3 is 18.7 Å². The lowest BCUT2D eigenvalue weighted by Crippen LogP contribution is -2.42. The van der Waals surface area contributed by atoms with E-state index in [0.29, 0.717) is 5.88 Å². The minimum atomic E-state index is -2.32. The monoisotopic (exact) mass is 245 g/mol. The molecule has 4 nitrogen and oxygen atoms in total. The van der Waals surface area contributed by atoms with E-state index in [1.54, 1.807) is 21.3 Å². The van der Waals surface area contributed by atoms with Crippen molar-refractivity contribution in [1.82, 2.24) is 0 Å². The molecule has 0 saturated heterocycles. The Hall–Kier alpha value is 0.564. The minimum Gasteiger partial charge on any atom is -0.377 e. The van der Waals surface area contributed by atoms with Crippen molar-refractivity contribution in [2.75, 3.05) is 27.2 Å². The molecule has 0 rings (SSSR count). The predicted octanol–water partition coefficient (Wildman–Crippen LogP) is -0.281. The van der Waals surface area contributed by atoms with Crippen molar-refractivity contribution in [3.8, 4) is 0 Å². The first-order chi connectivity index (χ1) is 6.24. The van der Waals surface area contributed by atoms with Gasteiger partial charge in [-0.3, -0.25) is 0 Å². The zero-order valence-electron chi connectivity index (χ0n) is 8.80. The van der Waals surface area contributed by atoms with Gasteiger partial charge in [0, 0.05) is 33.3 Å². The molecule has 0 aliphatic rings. The zero-order valence-corrected chi connectivity index (χ0v) is 12.6. The minimum absolute atomic E-state index is 0.616. The van der Waals surface area contributed by atoms with E-state index in [1.807, 2.05) is 0 Å². The van der Waals surface area contributed by atoms with Gasteiger partial charge in [-0.05, 0) is 6.42 Å². The van der Waals surface area contributed by atoms with E-state index in [1.165, 1.54) is 0 Å². The SMILES string of the molecule is CO[Si](CCCCl)(OC)OC.N[SiH3]. The summed E-state index contributed by atoms with van der Waals surface area (Å²) in [4.78, 5) is 0. The Bertz CT molecular complexity index is 97.6. The van der Waals surface area contributed by atoms with E-state index in [4.69, 9.17) is 24.9 Å². The van der Waals surface area contributed by atoms with Gasteiger partial charge in [0.1, 0.15) is 0 Å². The summed E-state index contributed by atoms with van der Waals surface area (Å²) in [7, 11) is 3.30. The molecule has 0 aliphatic carbocycles. The molecule has 82 valence electrons. The van der Waals surface area contributed by atoms with Crippen molar-refractivity contribution >= 4 is 30.8 Å². The summed E-state index contributed by atoms with van der Waals surface area (Å²) in [6.07, 6.45) is 0.864. The van der Waals surface area contributed by atoms with Gasteiger partial charge in [-0.15, -0.1) is 11.6 Å². The van der Waals surface area contributed by atoms with E-state index in [2.05, 4.69) is 5.40 Å². The second-order valence-corrected chi connectivity index (χ2v) is 5.56. The third kappa shape index (κ3) is 6.61. The quantitative estimate of drug-likeness (QED) is 0.517. The average Bonchev–Trinajstić information content (AvgIpc) is 2.24. The lowest BCUT2D eigenvalue weighted by Gasteiger charge is -2.23. The normalized spacial score (nSPS) is 10.8. The van der Waals surface area contributed by atoms with Crippen molar-refractivity contribution in [2.45, 2.75) is 12.5 Å². The summed E-state index contributed by atoms with van der Waals surface area (Å²) in [6, 6.07) is 0.778. The number of nitrogens with two attached hydrogens (primary N) is 1. The maximum atomic E-state index is 5.53. The van der Waals surface area contributed by atoms with Crippen LogP contribution >= 0.6 is 11.6 Å². The Kier molecular flexibility index (Phi) is 13.1. The number of hydrogen-bond acceptors (Lipinski definition) is 4. The van der Waals surface area contributed by atoms with Gasteiger partial charge >= 0.3 is 8.80 Å². The van der Waals surface area contributed by atoms with Crippen LogP contribution in [0.3, 0.4) is 0 Å². The zero-order chi connectivity index (χ0) is 10.7. The van der Waals surface area contributed by atoms with Crippen LogP contribution in [0.4, 0.5) is 0 Å². The maximum Gasteiger partial charge on any atom is 0.500 e. The van der Waals surface area contributed by atoms with Crippen LogP contribution in [-0.2, 0) is 13.3 Å². The van der Waals surface area contributed by atoms with Crippen LogP contribution in [0.5, 0.6) is 0 Å². The molecule has 13 heavy (non-hydrogen) atoms. The average molecular weight is 246 g/mol. The highest BCUT2D eigenvalue weighted by atomic mass is 35.5. The van der Waals surface area contributed by atoms with Gasteiger partial charge in [-0.2, -0.15) is 0 Å². The third-order valence-corrected chi connectivity index (χ3v) is 4.65. The van der Waals surface area contributed by atoms with Gasteiger partial charge in [-0.1, -0.05) is 0 Å². The molecule has 0 heterocycles. The smallest absolute Gasteiger partial charge is 0.377 e. The second-order valence-electron chi connectivity index (χ2n) is 2.09. The molecule has 0 radical (unpaired) electrons. The summed E-state index contributed by atoms with van der Waals surface area (Å²) >= 11 is 5.53. The van der Waals surface area contributed by atoms with Crippen LogP contribution in [0, 0.1) is 0 Å². The number of hydrogen-bond donors (Lipinski definition) is 1. The van der Waals surface area contributed by atoms with Gasteiger partial charge in [0.05, 0.1) is 10.4 Å². The number of alkyl halides is 1. The molecular weight excluding hydrogens is 226 g/mol. The van der Waals surface area contributed by atoms with E-state index in [-0.39, 0.29) is 0 Å². The molecule has 0 amide bonds. The molecule has 0 bridgehead atoms. The molecule has 0 aromatic rings. The number of rotatable bonds is 6. The Labute approximate surface area is 89.6 Å². The van der Waals surface area contributed by atoms with Crippen molar-refractivity contribution in [3.05, 3.63) is 0 Å². The largest absolute Gasteiger partial charge is 0.500 e. The van der Waals surface area contributed by atoms with Crippen molar-refractivity contribution in [3.63, 3.8) is 0 Å². The Balaban J connectivity index is 0. The molecule has 0 saturated carbocycles. The summed E-state index contributed by atoms with van der Waals surface area (Å²) < 4.78 is 15.5. The highest BCUT2D eigenvalue weighted by molar-refractivity contribution is 6.60. The number of halogens is 1. The first-order valence-corrected chi connectivity index (χ1v) is 7.66. The van der Waals surface area contributed by atoms with Crippen LogP contribution in [-0.4, -0.2) is 46.4 Å². The molecule has 0 fully saturated rings. The van der Waals surface area contributed by atoms with Crippen LogP contribution in [0.2, 0.25) is 6.04 Å². The highest BCUT2D eigenvalue weighted by Crippen LogP contribution is 2.14. The Morgan fingerprint density at radius 1 is 1.15 bits per heavy atom. The van der Waals surface area contributed by atoms with Crippen LogP contribution in [0.1, 0.15) is 6.42 Å². The Morgan fingerprint density at radius 3 is 1.77 bits per heavy atom. The fraction of sp³-hybridized carbons (Fsp3) is 1.00. The van der Waals surface area contributed by atoms with Crippen molar-refractivity contribution < 1.29 is 13.3 Å². The van der Waals surface area contributed by atoms with Crippen LogP contribution in [0.25, 0.3) is 0 Å². The lowest BCUT2D eigenvalue weighted by molar-refractivity contribution is 0.123. The molecule has 0 aliphatic heterocycles. The van der Waals surface area contributed by atoms with Crippen molar-refractivity contribution in [1.29, 1.82) is 0 Å². The van der Waals surface area contributed by atoms with Gasteiger partial charge in [-0.25, -0.2) is 0 Å². The fourth-order valence-corrected chi connectivity index (χ4v) is 2.92. The molecule has 0 aromatic carbocycles. The van der Waals surface area contributed by atoms with Gasteiger partial charge in [0.25, 0.3) is 0 Å². The molecule has 7 heteroatoms. The standard InChI is InChI=1S/C6H15ClO3Si.H5NSi/c1-8-11(9-2,10-3)6-4-5-7;1-2/h4-6H2,1-3H3;1H2,2H3. The molecular formula is C6H20ClNO3Si2. The highest BCUT2D eigenvalue weighted by Gasteiger charge is 2.36. The molecule has 0 spiro atoms. The van der Waals surface area contributed by atoms with E-state index in [0.717, 1.165) is 22.9 Å². The first kappa shape index (κ1) is 16.0. The molecule has 0 atom stereocenters. The first-order valence-electron chi connectivity index (χ1n) is 4.04. The van der Waals surface area contributed by atoms with Crippen LogP contribution in [0.15, 0.2) is 0 Å². The van der Waals surface area contributed by atoms with Crippen LogP contribution < -0.4 is 5.40 Å². The van der Waals surface area contributed by atoms with Gasteiger partial charge in [0.2, 0.25) is 0 Å². The van der Waals surface area contributed by atoms with E-state index in [9.17, 15) is 0 Å². The molecule has 0 unspecified atom stereocenters. The maximum absolute atomic E-state index is 5.53. The lowest BCUT2D eigenvalue weighted by atomic mass is 10.6. The second kappa shape index (κ2) is 10.6. The summed E-state index contributed by atoms with van der Waals surface area (Å²) in [5.74, 6) is 0.616. The van der Waals surface area contributed by atoms with Crippen molar-refractivity contribution in [2.24, 2.45) is 5.40 Å². The summed E-state index contributed by atoms with van der Waals surface area (Å²) in [5, 5.41) is 4.64. The Morgan fingerprint density at radius 2 is 1.54 bits per heavy atom. The molecule has 0 aromatic heterocycles. The fourth-order valence-electron chi connectivity index (χ4n) is 0.840. The van der Waals surface area contributed by atoms with E-state index < -0.39 is 8.80 Å². The summed E-state index contributed by atoms with van der Waals surface area (Å²) in [6.45, 7) is 0. The third-order valence-electron chi connectivity index (χ3n) is 1.55. The molecule has 2 N–H and O–H groups in total.